The van der Waals surface area contributed by atoms with Crippen LogP contribution in [-0.2, 0) is 10.8 Å². The Hall–Kier alpha value is -0.700. The summed E-state index contributed by atoms with van der Waals surface area (Å²) in [5.74, 6) is 0.402. The van der Waals surface area contributed by atoms with Gasteiger partial charge in [-0.05, 0) is 30.7 Å². The number of halogens is 1. The van der Waals surface area contributed by atoms with Crippen molar-refractivity contribution in [1.29, 1.82) is 0 Å². The maximum absolute atomic E-state index is 12.6. The summed E-state index contributed by atoms with van der Waals surface area (Å²) in [5, 5.41) is 0. The predicted octanol–water partition coefficient (Wildman–Crippen LogP) is 3.12. The first-order valence-electron chi connectivity index (χ1n) is 4.88. The molecule has 0 radical (unpaired) electrons. The third-order valence-electron chi connectivity index (χ3n) is 2.01. The van der Waals surface area contributed by atoms with E-state index in [1.165, 1.54) is 12.1 Å². The SMILES string of the molecule is CCCCCS(=O)c1ccc(F)cc1. The largest absolute Gasteiger partial charge is 0.254 e. The molecule has 0 bridgehead atoms. The van der Waals surface area contributed by atoms with Crippen LogP contribution in [0.2, 0.25) is 0 Å². The second-order valence-corrected chi connectivity index (χ2v) is 4.78. The Labute approximate surface area is 86.8 Å². The lowest BCUT2D eigenvalue weighted by atomic mass is 10.3. The summed E-state index contributed by atoms with van der Waals surface area (Å²) in [4.78, 5) is 0.725. The van der Waals surface area contributed by atoms with E-state index in [4.69, 9.17) is 0 Å². The topological polar surface area (TPSA) is 17.1 Å². The lowest BCUT2D eigenvalue weighted by Gasteiger charge is -2.01. The summed E-state index contributed by atoms with van der Waals surface area (Å²) in [5.41, 5.74) is 0. The van der Waals surface area contributed by atoms with Crippen LogP contribution in [0.3, 0.4) is 0 Å². The monoisotopic (exact) mass is 214 g/mol. The summed E-state index contributed by atoms with van der Waals surface area (Å²) in [6.07, 6.45) is 3.20. The highest BCUT2D eigenvalue weighted by Crippen LogP contribution is 2.09. The zero-order chi connectivity index (χ0) is 10.4. The van der Waals surface area contributed by atoms with Crippen molar-refractivity contribution >= 4 is 10.8 Å². The van der Waals surface area contributed by atoms with E-state index >= 15 is 0 Å². The van der Waals surface area contributed by atoms with Crippen LogP contribution >= 0.6 is 0 Å². The van der Waals surface area contributed by atoms with Crippen molar-refractivity contribution in [1.82, 2.24) is 0 Å². The molecule has 0 N–H and O–H groups in total. The highest BCUT2D eigenvalue weighted by Gasteiger charge is 2.02. The minimum absolute atomic E-state index is 0.278. The van der Waals surface area contributed by atoms with Crippen molar-refractivity contribution in [2.24, 2.45) is 0 Å². The van der Waals surface area contributed by atoms with Gasteiger partial charge in [-0.25, -0.2) is 4.39 Å². The van der Waals surface area contributed by atoms with Crippen molar-refractivity contribution in [3.05, 3.63) is 30.1 Å². The van der Waals surface area contributed by atoms with Crippen LogP contribution < -0.4 is 0 Å². The van der Waals surface area contributed by atoms with E-state index < -0.39 is 10.8 Å². The second kappa shape index (κ2) is 5.91. The van der Waals surface area contributed by atoms with E-state index in [0.717, 1.165) is 24.2 Å². The molecule has 0 amide bonds. The molecule has 0 fully saturated rings. The Morgan fingerprint density at radius 3 is 2.43 bits per heavy atom. The first-order valence-corrected chi connectivity index (χ1v) is 6.20. The molecule has 0 saturated carbocycles. The molecular weight excluding hydrogens is 199 g/mol. The molecule has 0 spiro atoms. The first kappa shape index (κ1) is 11.4. The third-order valence-corrected chi connectivity index (χ3v) is 3.47. The van der Waals surface area contributed by atoms with Crippen molar-refractivity contribution in [3.8, 4) is 0 Å². The number of rotatable bonds is 5. The normalized spacial score (nSPS) is 12.7. The summed E-state index contributed by atoms with van der Waals surface area (Å²) in [6.45, 7) is 2.11. The van der Waals surface area contributed by atoms with Gasteiger partial charge in [0.05, 0.1) is 10.8 Å². The van der Waals surface area contributed by atoms with Crippen molar-refractivity contribution in [2.45, 2.75) is 31.1 Å². The fourth-order valence-electron chi connectivity index (χ4n) is 1.19. The van der Waals surface area contributed by atoms with Gasteiger partial charge in [-0.1, -0.05) is 19.8 Å². The highest BCUT2D eigenvalue weighted by atomic mass is 32.2. The van der Waals surface area contributed by atoms with E-state index in [9.17, 15) is 8.60 Å². The van der Waals surface area contributed by atoms with Gasteiger partial charge < -0.3 is 0 Å². The summed E-state index contributed by atoms with van der Waals surface area (Å²) in [6, 6.07) is 5.90. The second-order valence-electron chi connectivity index (χ2n) is 3.21. The highest BCUT2D eigenvalue weighted by molar-refractivity contribution is 7.85. The van der Waals surface area contributed by atoms with Gasteiger partial charge in [0.25, 0.3) is 0 Å². The molecule has 0 heterocycles. The molecule has 0 aliphatic carbocycles. The van der Waals surface area contributed by atoms with Crippen LogP contribution in [0.5, 0.6) is 0 Å². The summed E-state index contributed by atoms with van der Waals surface area (Å²) >= 11 is 0. The third kappa shape index (κ3) is 3.58. The van der Waals surface area contributed by atoms with Gasteiger partial charge in [-0.2, -0.15) is 0 Å². The zero-order valence-electron chi connectivity index (χ0n) is 8.33. The zero-order valence-corrected chi connectivity index (χ0v) is 9.15. The van der Waals surface area contributed by atoms with Crippen LogP contribution in [0.25, 0.3) is 0 Å². The Kier molecular flexibility index (Phi) is 4.80. The summed E-state index contributed by atoms with van der Waals surface area (Å²) < 4.78 is 24.2. The summed E-state index contributed by atoms with van der Waals surface area (Å²) in [7, 11) is -0.960. The maximum atomic E-state index is 12.6. The number of unbranched alkanes of at least 4 members (excludes halogenated alkanes) is 2. The minimum Gasteiger partial charge on any atom is -0.254 e. The molecule has 14 heavy (non-hydrogen) atoms. The van der Waals surface area contributed by atoms with Gasteiger partial charge in [0.2, 0.25) is 0 Å². The van der Waals surface area contributed by atoms with Gasteiger partial charge in [0, 0.05) is 10.6 Å². The quantitative estimate of drug-likeness (QED) is 0.688. The Morgan fingerprint density at radius 2 is 1.86 bits per heavy atom. The van der Waals surface area contributed by atoms with Crippen LogP contribution in [0.4, 0.5) is 4.39 Å². The molecule has 3 heteroatoms. The lowest BCUT2D eigenvalue weighted by molar-refractivity contribution is 0.626. The molecule has 1 rings (SSSR count). The van der Waals surface area contributed by atoms with Crippen molar-refractivity contribution < 1.29 is 8.60 Å². The lowest BCUT2D eigenvalue weighted by Crippen LogP contribution is -1.97. The molecule has 1 aromatic carbocycles. The minimum atomic E-state index is -0.960. The molecule has 1 atom stereocenters. The van der Waals surface area contributed by atoms with Gasteiger partial charge in [0.15, 0.2) is 0 Å². The van der Waals surface area contributed by atoms with Gasteiger partial charge in [0.1, 0.15) is 5.82 Å². The molecule has 1 unspecified atom stereocenters. The number of hydrogen-bond donors (Lipinski definition) is 0. The number of benzene rings is 1. The number of hydrogen-bond acceptors (Lipinski definition) is 1. The van der Waals surface area contributed by atoms with Crippen LogP contribution in [-0.4, -0.2) is 9.96 Å². The molecule has 1 nitrogen and oxygen atoms in total. The molecule has 0 saturated heterocycles. The van der Waals surface area contributed by atoms with Crippen LogP contribution in [0.15, 0.2) is 29.2 Å². The van der Waals surface area contributed by atoms with E-state index in [0.29, 0.717) is 5.75 Å². The smallest absolute Gasteiger partial charge is 0.123 e. The van der Waals surface area contributed by atoms with E-state index in [-0.39, 0.29) is 5.82 Å². The van der Waals surface area contributed by atoms with Gasteiger partial charge in [-0.3, -0.25) is 4.21 Å². The predicted molar refractivity (Wildman–Crippen MR) is 57.2 cm³/mol. The molecule has 0 aromatic heterocycles. The molecule has 1 aromatic rings. The fraction of sp³-hybridized carbons (Fsp3) is 0.455. The van der Waals surface area contributed by atoms with Crippen molar-refractivity contribution in [2.75, 3.05) is 5.75 Å². The Bertz CT molecular complexity index is 295. The Morgan fingerprint density at radius 1 is 1.21 bits per heavy atom. The molecular formula is C11H15FOS. The molecule has 0 aliphatic rings. The average molecular weight is 214 g/mol. The van der Waals surface area contributed by atoms with Crippen LogP contribution in [0, 0.1) is 5.82 Å². The molecule has 78 valence electrons. The molecule has 0 aliphatic heterocycles. The van der Waals surface area contributed by atoms with E-state index in [1.54, 1.807) is 12.1 Å². The fourth-order valence-corrected chi connectivity index (χ4v) is 2.33. The average Bonchev–Trinajstić information content (AvgIpc) is 2.19. The van der Waals surface area contributed by atoms with Crippen LogP contribution in [0.1, 0.15) is 26.2 Å². The van der Waals surface area contributed by atoms with Crippen molar-refractivity contribution in [3.63, 3.8) is 0 Å². The van der Waals surface area contributed by atoms with Gasteiger partial charge in [-0.15, -0.1) is 0 Å². The van der Waals surface area contributed by atoms with E-state index in [2.05, 4.69) is 6.92 Å². The standard InChI is InChI=1S/C11H15FOS/c1-2-3-4-9-14(13)11-7-5-10(12)6-8-11/h5-8H,2-4,9H2,1H3. The van der Waals surface area contributed by atoms with Gasteiger partial charge >= 0.3 is 0 Å². The Balaban J connectivity index is 2.48. The van der Waals surface area contributed by atoms with E-state index in [1.807, 2.05) is 0 Å². The maximum Gasteiger partial charge on any atom is 0.123 e. The first-order chi connectivity index (χ1) is 6.74.